The summed E-state index contributed by atoms with van der Waals surface area (Å²) < 4.78 is 25.5. The molecule has 0 atom stereocenters. The van der Waals surface area contributed by atoms with Gasteiger partial charge in [0.1, 0.15) is 5.75 Å². The van der Waals surface area contributed by atoms with Gasteiger partial charge in [0.2, 0.25) is 0 Å². The summed E-state index contributed by atoms with van der Waals surface area (Å²) >= 11 is 1.22. The van der Waals surface area contributed by atoms with E-state index < -0.39 is 6.43 Å². The molecule has 0 saturated heterocycles. The molecule has 0 radical (unpaired) electrons. The summed E-state index contributed by atoms with van der Waals surface area (Å²) in [4.78, 5) is 0. The first-order chi connectivity index (χ1) is 6.20. The van der Waals surface area contributed by atoms with Crippen molar-refractivity contribution in [1.82, 2.24) is 0 Å². The first-order valence-electron chi connectivity index (χ1n) is 3.67. The second-order valence-electron chi connectivity index (χ2n) is 2.64. The van der Waals surface area contributed by atoms with Crippen LogP contribution < -0.4 is 0 Å². The van der Waals surface area contributed by atoms with Crippen molar-refractivity contribution >= 4 is 21.4 Å². The van der Waals surface area contributed by atoms with E-state index in [2.05, 4.69) is 0 Å². The molecule has 1 N–H and O–H groups in total. The lowest BCUT2D eigenvalue weighted by Crippen LogP contribution is -1.80. The Kier molecular flexibility index (Phi) is 1.92. The fourth-order valence-electron chi connectivity index (χ4n) is 1.25. The van der Waals surface area contributed by atoms with Crippen molar-refractivity contribution in [3.63, 3.8) is 0 Å². The summed E-state index contributed by atoms with van der Waals surface area (Å²) in [6.07, 6.45) is -2.53. The van der Waals surface area contributed by atoms with Gasteiger partial charge in [-0.25, -0.2) is 8.78 Å². The van der Waals surface area contributed by atoms with E-state index in [1.165, 1.54) is 22.8 Å². The van der Waals surface area contributed by atoms with Gasteiger partial charge in [0.25, 0.3) is 6.43 Å². The second kappa shape index (κ2) is 2.96. The topological polar surface area (TPSA) is 20.2 Å². The molecule has 1 heterocycles. The molecule has 0 saturated carbocycles. The number of fused-ring (bicyclic) bond motifs is 1. The van der Waals surface area contributed by atoms with E-state index in [0.29, 0.717) is 4.70 Å². The van der Waals surface area contributed by atoms with E-state index in [1.54, 1.807) is 12.1 Å². The van der Waals surface area contributed by atoms with Crippen LogP contribution in [0.3, 0.4) is 0 Å². The minimum absolute atomic E-state index is 0.0750. The van der Waals surface area contributed by atoms with Crippen LogP contribution in [0.4, 0.5) is 8.78 Å². The molecule has 68 valence electrons. The van der Waals surface area contributed by atoms with Crippen molar-refractivity contribution in [1.29, 1.82) is 0 Å². The molecule has 0 aliphatic heterocycles. The Hall–Kier alpha value is -1.16. The third kappa shape index (κ3) is 1.27. The Morgan fingerprint density at radius 1 is 1.31 bits per heavy atom. The molecule has 0 fully saturated rings. The average molecular weight is 200 g/mol. The summed E-state index contributed by atoms with van der Waals surface area (Å²) in [6, 6.07) is 4.77. The van der Waals surface area contributed by atoms with Gasteiger partial charge < -0.3 is 5.11 Å². The molecule has 13 heavy (non-hydrogen) atoms. The average Bonchev–Trinajstić information content (AvgIpc) is 2.49. The van der Waals surface area contributed by atoms with Gasteiger partial charge in [-0.1, -0.05) is 6.07 Å². The molecule has 0 aliphatic rings. The molecular weight excluding hydrogens is 194 g/mol. The normalized spacial score (nSPS) is 11.3. The summed E-state index contributed by atoms with van der Waals surface area (Å²) in [5.41, 5.74) is -0.0851. The molecule has 1 aromatic carbocycles. The van der Waals surface area contributed by atoms with Gasteiger partial charge >= 0.3 is 0 Å². The Balaban J connectivity index is 2.79. The summed E-state index contributed by atoms with van der Waals surface area (Å²) in [6.45, 7) is 0. The highest BCUT2D eigenvalue weighted by molar-refractivity contribution is 7.17. The quantitative estimate of drug-likeness (QED) is 0.746. The highest BCUT2D eigenvalue weighted by Crippen LogP contribution is 2.37. The first-order valence-corrected chi connectivity index (χ1v) is 4.55. The molecular formula is C9H6F2OS. The SMILES string of the molecule is Oc1cccc2scc(C(F)F)c12. The number of hydrogen-bond donors (Lipinski definition) is 1. The zero-order valence-corrected chi connectivity index (χ0v) is 7.31. The number of phenols is 1. The minimum atomic E-state index is -2.53. The molecule has 1 nitrogen and oxygen atoms in total. The molecule has 2 rings (SSSR count). The van der Waals surface area contributed by atoms with Crippen LogP contribution >= 0.6 is 11.3 Å². The van der Waals surface area contributed by atoms with Crippen LogP contribution in [0, 0.1) is 0 Å². The van der Waals surface area contributed by atoms with E-state index in [9.17, 15) is 13.9 Å². The van der Waals surface area contributed by atoms with Gasteiger partial charge in [-0.2, -0.15) is 0 Å². The van der Waals surface area contributed by atoms with Gasteiger partial charge in [-0.15, -0.1) is 11.3 Å². The third-order valence-electron chi connectivity index (χ3n) is 1.84. The van der Waals surface area contributed by atoms with Gasteiger partial charge in [0.05, 0.1) is 0 Å². The first kappa shape index (κ1) is 8.44. The fourth-order valence-corrected chi connectivity index (χ4v) is 2.23. The smallest absolute Gasteiger partial charge is 0.265 e. The molecule has 0 unspecified atom stereocenters. The van der Waals surface area contributed by atoms with E-state index in [1.807, 2.05) is 0 Å². The van der Waals surface area contributed by atoms with Crippen LogP contribution in [0.1, 0.15) is 12.0 Å². The van der Waals surface area contributed by atoms with Crippen molar-refractivity contribution in [2.75, 3.05) is 0 Å². The second-order valence-corrected chi connectivity index (χ2v) is 3.55. The molecule has 0 bridgehead atoms. The standard InChI is InChI=1S/C9H6F2OS/c10-9(11)5-4-13-7-3-1-2-6(12)8(5)7/h1-4,9,12H. The molecule has 2 aromatic rings. The lowest BCUT2D eigenvalue weighted by Gasteiger charge is -1.98. The van der Waals surface area contributed by atoms with Crippen molar-refractivity contribution in [2.24, 2.45) is 0 Å². The Morgan fingerprint density at radius 3 is 2.77 bits per heavy atom. The maximum Gasteiger partial charge on any atom is 0.265 e. The summed E-state index contributed by atoms with van der Waals surface area (Å²) in [5, 5.41) is 11.0. The molecule has 0 aliphatic carbocycles. The fraction of sp³-hybridized carbons (Fsp3) is 0.111. The van der Waals surface area contributed by atoms with E-state index in [0.717, 1.165) is 0 Å². The highest BCUT2D eigenvalue weighted by Gasteiger charge is 2.15. The number of halogens is 2. The molecule has 0 amide bonds. The number of aromatic hydroxyl groups is 1. The third-order valence-corrected chi connectivity index (χ3v) is 2.81. The van der Waals surface area contributed by atoms with Crippen LogP contribution in [-0.2, 0) is 0 Å². The lowest BCUT2D eigenvalue weighted by atomic mass is 10.1. The van der Waals surface area contributed by atoms with E-state index >= 15 is 0 Å². The number of alkyl halides is 2. The van der Waals surface area contributed by atoms with Crippen LogP contribution in [-0.4, -0.2) is 5.11 Å². The Bertz CT molecular complexity index is 436. The minimum Gasteiger partial charge on any atom is -0.507 e. The van der Waals surface area contributed by atoms with Gasteiger partial charge in [-0.3, -0.25) is 0 Å². The number of thiophene rings is 1. The maximum absolute atomic E-state index is 12.4. The van der Waals surface area contributed by atoms with Crippen LogP contribution in [0.2, 0.25) is 0 Å². The number of benzene rings is 1. The number of rotatable bonds is 1. The zero-order chi connectivity index (χ0) is 9.42. The van der Waals surface area contributed by atoms with Crippen LogP contribution in [0.15, 0.2) is 23.6 Å². The predicted molar refractivity (Wildman–Crippen MR) is 48.4 cm³/mol. The largest absolute Gasteiger partial charge is 0.507 e. The van der Waals surface area contributed by atoms with E-state index in [-0.39, 0.29) is 16.7 Å². The monoisotopic (exact) mass is 200 g/mol. The van der Waals surface area contributed by atoms with Crippen molar-refractivity contribution in [2.45, 2.75) is 6.43 Å². The molecule has 4 heteroatoms. The lowest BCUT2D eigenvalue weighted by molar-refractivity contribution is 0.153. The van der Waals surface area contributed by atoms with Gasteiger partial charge in [0, 0.05) is 21.0 Å². The van der Waals surface area contributed by atoms with E-state index in [4.69, 9.17) is 0 Å². The van der Waals surface area contributed by atoms with Crippen LogP contribution in [0.25, 0.3) is 10.1 Å². The molecule has 1 aromatic heterocycles. The zero-order valence-electron chi connectivity index (χ0n) is 6.50. The maximum atomic E-state index is 12.4. The van der Waals surface area contributed by atoms with Gasteiger partial charge in [0.15, 0.2) is 0 Å². The molecule has 0 spiro atoms. The number of hydrogen-bond acceptors (Lipinski definition) is 2. The van der Waals surface area contributed by atoms with Gasteiger partial charge in [-0.05, 0) is 12.1 Å². The summed E-state index contributed by atoms with van der Waals surface area (Å²) in [7, 11) is 0. The Labute approximate surface area is 77.2 Å². The van der Waals surface area contributed by atoms with Crippen LogP contribution in [0.5, 0.6) is 5.75 Å². The van der Waals surface area contributed by atoms with Crippen molar-refractivity contribution in [3.8, 4) is 5.75 Å². The number of phenolic OH excluding ortho intramolecular Hbond substituents is 1. The highest BCUT2D eigenvalue weighted by atomic mass is 32.1. The Morgan fingerprint density at radius 2 is 2.08 bits per heavy atom. The van der Waals surface area contributed by atoms with Crippen molar-refractivity contribution in [3.05, 3.63) is 29.1 Å². The predicted octanol–water partition coefficient (Wildman–Crippen LogP) is 3.54. The summed E-state index contributed by atoms with van der Waals surface area (Å²) in [5.74, 6) is -0.0750. The van der Waals surface area contributed by atoms with Crippen molar-refractivity contribution < 1.29 is 13.9 Å².